The number of ether oxygens (including phenoxy) is 1. The molecule has 0 bridgehead atoms. The van der Waals surface area contributed by atoms with Crippen molar-refractivity contribution in [2.75, 3.05) is 6.61 Å². The minimum atomic E-state index is -0.180. The van der Waals surface area contributed by atoms with Crippen molar-refractivity contribution < 1.29 is 4.74 Å². The van der Waals surface area contributed by atoms with E-state index >= 15 is 0 Å². The quantitative estimate of drug-likeness (QED) is 0.868. The molecular weight excluding hydrogens is 314 g/mol. The molecule has 0 fully saturated rings. The van der Waals surface area contributed by atoms with Crippen LogP contribution in [0.25, 0.3) is 0 Å². The normalized spacial score (nSPS) is 12.2. The summed E-state index contributed by atoms with van der Waals surface area (Å²) in [5, 5.41) is 0. The zero-order chi connectivity index (χ0) is 14.5. The van der Waals surface area contributed by atoms with Crippen LogP contribution in [0.3, 0.4) is 0 Å². The number of rotatable bonds is 5. The second kappa shape index (κ2) is 6.91. The first kappa shape index (κ1) is 15.1. The molecule has 2 aromatic rings. The Morgan fingerprint density at radius 2 is 1.90 bits per heavy atom. The Balaban J connectivity index is 2.37. The summed E-state index contributed by atoms with van der Waals surface area (Å²) in [6.45, 7) is 4.89. The van der Waals surface area contributed by atoms with E-state index in [9.17, 15) is 0 Å². The van der Waals surface area contributed by atoms with E-state index in [4.69, 9.17) is 10.5 Å². The van der Waals surface area contributed by atoms with Crippen LogP contribution in [0, 0.1) is 6.92 Å². The highest BCUT2D eigenvalue weighted by Gasteiger charge is 2.16. The number of hydrogen-bond donors (Lipinski definition) is 1. The van der Waals surface area contributed by atoms with Gasteiger partial charge in [0.2, 0.25) is 0 Å². The van der Waals surface area contributed by atoms with Crippen LogP contribution in [0.4, 0.5) is 0 Å². The van der Waals surface area contributed by atoms with Gasteiger partial charge in [0.05, 0.1) is 12.6 Å². The van der Waals surface area contributed by atoms with Gasteiger partial charge in [0, 0.05) is 10.0 Å². The smallest absolute Gasteiger partial charge is 0.124 e. The van der Waals surface area contributed by atoms with Crippen molar-refractivity contribution in [3.63, 3.8) is 0 Å². The zero-order valence-corrected chi connectivity index (χ0v) is 13.5. The molecule has 0 aromatic heterocycles. The van der Waals surface area contributed by atoms with Crippen molar-refractivity contribution in [3.8, 4) is 5.75 Å². The van der Waals surface area contributed by atoms with Gasteiger partial charge in [-0.2, -0.15) is 0 Å². The van der Waals surface area contributed by atoms with Gasteiger partial charge < -0.3 is 10.5 Å². The van der Waals surface area contributed by atoms with E-state index in [0.717, 1.165) is 27.8 Å². The van der Waals surface area contributed by atoms with Crippen LogP contribution >= 0.6 is 15.9 Å². The molecular formula is C17H20BrNO. The van der Waals surface area contributed by atoms with Gasteiger partial charge in [-0.1, -0.05) is 47.1 Å². The molecule has 0 aliphatic rings. The molecule has 0 aliphatic carbocycles. The Morgan fingerprint density at radius 3 is 2.65 bits per heavy atom. The SMILES string of the molecule is CCCOc1ccccc1C(N)c1cc(Br)ccc1C. The minimum absolute atomic E-state index is 0.180. The van der Waals surface area contributed by atoms with Gasteiger partial charge in [-0.3, -0.25) is 0 Å². The van der Waals surface area contributed by atoms with E-state index in [1.165, 1.54) is 5.56 Å². The summed E-state index contributed by atoms with van der Waals surface area (Å²) < 4.78 is 6.85. The maximum Gasteiger partial charge on any atom is 0.124 e. The van der Waals surface area contributed by atoms with E-state index in [2.05, 4.69) is 41.9 Å². The van der Waals surface area contributed by atoms with Crippen molar-refractivity contribution >= 4 is 15.9 Å². The number of benzene rings is 2. The predicted octanol–water partition coefficient (Wildman–Crippen LogP) is 4.59. The van der Waals surface area contributed by atoms with Crippen molar-refractivity contribution in [1.82, 2.24) is 0 Å². The van der Waals surface area contributed by atoms with Crippen LogP contribution in [0.1, 0.15) is 36.1 Å². The predicted molar refractivity (Wildman–Crippen MR) is 87.1 cm³/mol. The lowest BCUT2D eigenvalue weighted by Gasteiger charge is -2.19. The molecule has 0 saturated heterocycles. The maximum atomic E-state index is 6.46. The van der Waals surface area contributed by atoms with Gasteiger partial charge in [0.1, 0.15) is 5.75 Å². The Hall–Kier alpha value is -1.32. The van der Waals surface area contributed by atoms with Crippen LogP contribution < -0.4 is 10.5 Å². The van der Waals surface area contributed by atoms with Crippen molar-refractivity contribution in [3.05, 3.63) is 63.6 Å². The van der Waals surface area contributed by atoms with Gasteiger partial charge in [-0.05, 0) is 42.7 Å². The lowest BCUT2D eigenvalue weighted by atomic mass is 9.95. The monoisotopic (exact) mass is 333 g/mol. The Bertz CT molecular complexity index is 583. The zero-order valence-electron chi connectivity index (χ0n) is 11.9. The van der Waals surface area contributed by atoms with Gasteiger partial charge >= 0.3 is 0 Å². The van der Waals surface area contributed by atoms with Crippen molar-refractivity contribution in [2.45, 2.75) is 26.3 Å². The van der Waals surface area contributed by atoms with E-state index in [-0.39, 0.29) is 6.04 Å². The highest BCUT2D eigenvalue weighted by Crippen LogP contribution is 2.31. The fraction of sp³-hybridized carbons (Fsp3) is 0.294. The Kier molecular flexibility index (Phi) is 5.21. The highest BCUT2D eigenvalue weighted by molar-refractivity contribution is 9.10. The Labute approximate surface area is 129 Å². The van der Waals surface area contributed by atoms with Gasteiger partial charge in [-0.25, -0.2) is 0 Å². The first-order valence-corrected chi connectivity index (χ1v) is 7.66. The second-order valence-electron chi connectivity index (χ2n) is 4.86. The molecule has 2 aromatic carbocycles. The molecule has 1 unspecified atom stereocenters. The standard InChI is InChI=1S/C17H20BrNO/c1-3-10-20-16-7-5-4-6-14(16)17(19)15-11-13(18)9-8-12(15)2/h4-9,11,17H,3,10,19H2,1-2H3. The third-order valence-electron chi connectivity index (χ3n) is 3.29. The van der Waals surface area contributed by atoms with E-state index in [1.807, 2.05) is 30.3 Å². The van der Waals surface area contributed by atoms with Crippen molar-refractivity contribution in [1.29, 1.82) is 0 Å². The molecule has 2 nitrogen and oxygen atoms in total. The number of nitrogens with two attached hydrogens (primary N) is 1. The molecule has 0 saturated carbocycles. The summed E-state index contributed by atoms with van der Waals surface area (Å²) in [4.78, 5) is 0. The summed E-state index contributed by atoms with van der Waals surface area (Å²) in [5.41, 5.74) is 9.79. The molecule has 0 spiro atoms. The molecule has 0 radical (unpaired) electrons. The van der Waals surface area contributed by atoms with Gasteiger partial charge in [0.15, 0.2) is 0 Å². The molecule has 0 heterocycles. The number of hydrogen-bond acceptors (Lipinski definition) is 2. The fourth-order valence-corrected chi connectivity index (χ4v) is 2.57. The molecule has 2 rings (SSSR count). The summed E-state index contributed by atoms with van der Waals surface area (Å²) in [6.07, 6.45) is 0.986. The summed E-state index contributed by atoms with van der Waals surface area (Å²) in [6, 6.07) is 14.0. The Morgan fingerprint density at radius 1 is 1.15 bits per heavy atom. The molecule has 0 aliphatic heterocycles. The van der Waals surface area contributed by atoms with Crippen LogP contribution in [0.5, 0.6) is 5.75 Å². The number of halogens is 1. The average molecular weight is 334 g/mol. The van der Waals surface area contributed by atoms with Crippen LogP contribution in [-0.2, 0) is 0 Å². The lowest BCUT2D eigenvalue weighted by molar-refractivity contribution is 0.313. The fourth-order valence-electron chi connectivity index (χ4n) is 2.19. The second-order valence-corrected chi connectivity index (χ2v) is 5.78. The van der Waals surface area contributed by atoms with Gasteiger partial charge in [0.25, 0.3) is 0 Å². The molecule has 3 heteroatoms. The topological polar surface area (TPSA) is 35.2 Å². The van der Waals surface area contributed by atoms with E-state index in [1.54, 1.807) is 0 Å². The number of aryl methyl sites for hydroxylation is 1. The van der Waals surface area contributed by atoms with E-state index in [0.29, 0.717) is 6.61 Å². The molecule has 2 N–H and O–H groups in total. The molecule has 106 valence electrons. The van der Waals surface area contributed by atoms with Crippen LogP contribution in [0.15, 0.2) is 46.9 Å². The third kappa shape index (κ3) is 3.41. The lowest BCUT2D eigenvalue weighted by Crippen LogP contribution is -2.15. The first-order valence-electron chi connectivity index (χ1n) is 6.86. The third-order valence-corrected chi connectivity index (χ3v) is 3.79. The van der Waals surface area contributed by atoms with Gasteiger partial charge in [-0.15, -0.1) is 0 Å². The first-order chi connectivity index (χ1) is 9.63. The summed E-state index contributed by atoms with van der Waals surface area (Å²) >= 11 is 3.51. The average Bonchev–Trinajstić information content (AvgIpc) is 2.47. The maximum absolute atomic E-state index is 6.46. The van der Waals surface area contributed by atoms with Crippen molar-refractivity contribution in [2.24, 2.45) is 5.73 Å². The van der Waals surface area contributed by atoms with Crippen LogP contribution in [0.2, 0.25) is 0 Å². The summed E-state index contributed by atoms with van der Waals surface area (Å²) in [5.74, 6) is 0.876. The molecule has 20 heavy (non-hydrogen) atoms. The summed E-state index contributed by atoms with van der Waals surface area (Å²) in [7, 11) is 0. The van der Waals surface area contributed by atoms with E-state index < -0.39 is 0 Å². The minimum Gasteiger partial charge on any atom is -0.493 e. The molecule has 1 atom stereocenters. The highest BCUT2D eigenvalue weighted by atomic mass is 79.9. The molecule has 0 amide bonds. The van der Waals surface area contributed by atoms with Crippen LogP contribution in [-0.4, -0.2) is 6.61 Å². The number of para-hydroxylation sites is 1. The largest absolute Gasteiger partial charge is 0.493 e.